The first kappa shape index (κ1) is 19.2. The molecule has 0 fully saturated rings. The number of nitrogens with one attached hydrogen (secondary N) is 2. The lowest BCUT2D eigenvalue weighted by molar-refractivity contribution is 0.102. The van der Waals surface area contributed by atoms with Crippen molar-refractivity contribution in [3.05, 3.63) is 88.4 Å². The van der Waals surface area contributed by atoms with Gasteiger partial charge in [-0.3, -0.25) is 9.52 Å². The molecule has 0 aliphatic heterocycles. The third kappa shape index (κ3) is 4.60. The van der Waals surface area contributed by atoms with E-state index in [1.807, 2.05) is 0 Å². The van der Waals surface area contributed by atoms with Crippen LogP contribution >= 0.6 is 23.2 Å². The molecule has 3 rings (SSSR count). The predicted molar refractivity (Wildman–Crippen MR) is 108 cm³/mol. The molecule has 0 saturated carbocycles. The summed E-state index contributed by atoms with van der Waals surface area (Å²) in [6, 6.07) is 18.8. The van der Waals surface area contributed by atoms with Crippen LogP contribution in [-0.2, 0) is 10.0 Å². The minimum atomic E-state index is -3.83. The number of halogens is 2. The maximum Gasteiger partial charge on any atom is 0.261 e. The van der Waals surface area contributed by atoms with Gasteiger partial charge < -0.3 is 5.32 Å². The van der Waals surface area contributed by atoms with Crippen molar-refractivity contribution >= 4 is 50.5 Å². The van der Waals surface area contributed by atoms with E-state index in [9.17, 15) is 13.2 Å². The molecule has 0 aromatic heterocycles. The summed E-state index contributed by atoms with van der Waals surface area (Å²) >= 11 is 12.0. The molecule has 0 aliphatic carbocycles. The zero-order chi connectivity index (χ0) is 19.4. The van der Waals surface area contributed by atoms with Crippen LogP contribution < -0.4 is 10.0 Å². The van der Waals surface area contributed by atoms with Crippen molar-refractivity contribution in [1.82, 2.24) is 0 Å². The molecule has 0 bridgehead atoms. The molecule has 0 heterocycles. The van der Waals surface area contributed by atoms with E-state index in [4.69, 9.17) is 23.2 Å². The normalized spacial score (nSPS) is 11.0. The summed E-state index contributed by atoms with van der Waals surface area (Å²) in [6.45, 7) is 0. The number of amides is 1. The van der Waals surface area contributed by atoms with Gasteiger partial charge in [0, 0.05) is 5.02 Å². The fraction of sp³-hybridized carbons (Fsp3) is 0. The van der Waals surface area contributed by atoms with E-state index in [2.05, 4.69) is 10.0 Å². The van der Waals surface area contributed by atoms with Gasteiger partial charge in [0.25, 0.3) is 15.9 Å². The minimum absolute atomic E-state index is 0.0955. The Labute approximate surface area is 167 Å². The van der Waals surface area contributed by atoms with E-state index in [1.165, 1.54) is 30.3 Å². The summed E-state index contributed by atoms with van der Waals surface area (Å²) in [6.07, 6.45) is 0. The van der Waals surface area contributed by atoms with E-state index in [0.717, 1.165) is 0 Å². The number of para-hydroxylation sites is 1. The molecule has 3 aromatic rings. The van der Waals surface area contributed by atoms with Crippen molar-refractivity contribution in [2.75, 3.05) is 10.0 Å². The highest BCUT2D eigenvalue weighted by Gasteiger charge is 2.19. The Morgan fingerprint density at radius 2 is 1.48 bits per heavy atom. The van der Waals surface area contributed by atoms with Gasteiger partial charge in [-0.25, -0.2) is 8.42 Å². The predicted octanol–water partition coefficient (Wildman–Crippen LogP) is 5.05. The summed E-state index contributed by atoms with van der Waals surface area (Å²) in [4.78, 5) is 12.8. The van der Waals surface area contributed by atoms with Crippen molar-refractivity contribution in [3.63, 3.8) is 0 Å². The van der Waals surface area contributed by atoms with Gasteiger partial charge in [-0.15, -0.1) is 0 Å². The zero-order valence-electron chi connectivity index (χ0n) is 13.8. The first-order valence-electron chi connectivity index (χ1n) is 7.80. The summed E-state index contributed by atoms with van der Waals surface area (Å²) in [5.74, 6) is -0.523. The number of sulfonamides is 1. The lowest BCUT2D eigenvalue weighted by atomic mass is 10.1. The standard InChI is InChI=1S/C19H14Cl2N2O3S/c20-13-10-11-16(21)18(12-13)22-19(24)15-8-4-5-9-17(15)23-27(25,26)14-6-2-1-3-7-14/h1-12,23H,(H,22,24). The molecule has 1 amide bonds. The third-order valence-electron chi connectivity index (χ3n) is 3.65. The average molecular weight is 421 g/mol. The lowest BCUT2D eigenvalue weighted by Gasteiger charge is -2.13. The third-order valence-corrected chi connectivity index (χ3v) is 5.59. The van der Waals surface area contributed by atoms with Crippen LogP contribution in [0.25, 0.3) is 0 Å². The highest BCUT2D eigenvalue weighted by molar-refractivity contribution is 7.92. The first-order chi connectivity index (χ1) is 12.9. The van der Waals surface area contributed by atoms with Gasteiger partial charge in [-0.1, -0.05) is 53.5 Å². The summed E-state index contributed by atoms with van der Waals surface area (Å²) in [5.41, 5.74) is 0.625. The van der Waals surface area contributed by atoms with Crippen molar-refractivity contribution in [2.45, 2.75) is 4.90 Å². The van der Waals surface area contributed by atoms with Crippen LogP contribution in [0.3, 0.4) is 0 Å². The van der Waals surface area contributed by atoms with Crippen LogP contribution in [0, 0.1) is 0 Å². The zero-order valence-corrected chi connectivity index (χ0v) is 16.1. The molecule has 0 atom stereocenters. The molecule has 0 spiro atoms. The molecule has 0 saturated heterocycles. The number of carbonyl (C=O) groups is 1. The Bertz CT molecular complexity index is 1090. The second-order valence-electron chi connectivity index (χ2n) is 5.54. The van der Waals surface area contributed by atoms with Gasteiger partial charge >= 0.3 is 0 Å². The number of rotatable bonds is 5. The van der Waals surface area contributed by atoms with Crippen molar-refractivity contribution in [1.29, 1.82) is 0 Å². The molecular formula is C19H14Cl2N2O3S. The molecule has 138 valence electrons. The molecule has 8 heteroatoms. The number of benzene rings is 3. The van der Waals surface area contributed by atoms with Gasteiger partial charge in [0.2, 0.25) is 0 Å². The second-order valence-corrected chi connectivity index (χ2v) is 8.07. The Morgan fingerprint density at radius 1 is 0.815 bits per heavy atom. The van der Waals surface area contributed by atoms with Crippen LogP contribution in [0.1, 0.15) is 10.4 Å². The van der Waals surface area contributed by atoms with E-state index in [1.54, 1.807) is 42.5 Å². The summed E-state index contributed by atoms with van der Waals surface area (Å²) in [5, 5.41) is 3.37. The number of anilines is 2. The molecule has 27 heavy (non-hydrogen) atoms. The van der Waals surface area contributed by atoms with Gasteiger partial charge in [-0.2, -0.15) is 0 Å². The summed E-state index contributed by atoms with van der Waals surface area (Å²) in [7, 11) is -3.83. The van der Waals surface area contributed by atoms with E-state index < -0.39 is 15.9 Å². The minimum Gasteiger partial charge on any atom is -0.321 e. The number of hydrogen-bond donors (Lipinski definition) is 2. The molecular weight excluding hydrogens is 407 g/mol. The van der Waals surface area contributed by atoms with Crippen LogP contribution in [0.5, 0.6) is 0 Å². The lowest BCUT2D eigenvalue weighted by Crippen LogP contribution is -2.18. The molecule has 2 N–H and O–H groups in total. The largest absolute Gasteiger partial charge is 0.321 e. The Kier molecular flexibility index (Phi) is 5.70. The fourth-order valence-corrected chi connectivity index (χ4v) is 3.79. The highest BCUT2D eigenvalue weighted by Crippen LogP contribution is 2.27. The highest BCUT2D eigenvalue weighted by atomic mass is 35.5. The topological polar surface area (TPSA) is 75.3 Å². The van der Waals surface area contributed by atoms with Crippen LogP contribution in [0.15, 0.2) is 77.7 Å². The smallest absolute Gasteiger partial charge is 0.261 e. The van der Waals surface area contributed by atoms with Gasteiger partial charge in [-0.05, 0) is 42.5 Å². The molecule has 0 aliphatic rings. The van der Waals surface area contributed by atoms with Crippen LogP contribution in [0.2, 0.25) is 10.0 Å². The second kappa shape index (κ2) is 8.00. The van der Waals surface area contributed by atoms with E-state index in [-0.39, 0.29) is 16.1 Å². The van der Waals surface area contributed by atoms with Crippen LogP contribution in [-0.4, -0.2) is 14.3 Å². The fourth-order valence-electron chi connectivity index (χ4n) is 2.36. The van der Waals surface area contributed by atoms with E-state index in [0.29, 0.717) is 15.7 Å². The number of carbonyl (C=O) groups excluding carboxylic acids is 1. The van der Waals surface area contributed by atoms with Gasteiger partial charge in [0.05, 0.1) is 26.9 Å². The van der Waals surface area contributed by atoms with Crippen molar-refractivity contribution < 1.29 is 13.2 Å². The van der Waals surface area contributed by atoms with Crippen LogP contribution in [0.4, 0.5) is 11.4 Å². The SMILES string of the molecule is O=C(Nc1cc(Cl)ccc1Cl)c1ccccc1NS(=O)(=O)c1ccccc1. The number of hydrogen-bond acceptors (Lipinski definition) is 3. The van der Waals surface area contributed by atoms with Gasteiger partial charge in [0.1, 0.15) is 0 Å². The van der Waals surface area contributed by atoms with Gasteiger partial charge in [0.15, 0.2) is 0 Å². The maximum absolute atomic E-state index is 12.7. The summed E-state index contributed by atoms with van der Waals surface area (Å²) < 4.78 is 27.6. The molecule has 5 nitrogen and oxygen atoms in total. The monoisotopic (exact) mass is 420 g/mol. The van der Waals surface area contributed by atoms with Crippen molar-refractivity contribution in [2.24, 2.45) is 0 Å². The first-order valence-corrected chi connectivity index (χ1v) is 10.0. The molecule has 0 unspecified atom stereocenters. The average Bonchev–Trinajstić information content (AvgIpc) is 2.65. The quantitative estimate of drug-likeness (QED) is 0.606. The Morgan fingerprint density at radius 3 is 2.22 bits per heavy atom. The maximum atomic E-state index is 12.7. The molecule has 3 aromatic carbocycles. The molecule has 0 radical (unpaired) electrons. The van der Waals surface area contributed by atoms with Crippen molar-refractivity contribution in [3.8, 4) is 0 Å². The Balaban J connectivity index is 1.90. The van der Waals surface area contributed by atoms with E-state index >= 15 is 0 Å². The Hall–Kier alpha value is -2.54.